The Kier molecular flexibility index (Phi) is 8.24. The molecular formula is C12H21NO6S. The zero-order valence-electron chi connectivity index (χ0n) is 12.1. The molecule has 0 amide bonds. The molecule has 2 N–H and O–H groups in total. The second-order valence-corrected chi connectivity index (χ2v) is 5.82. The van der Waals surface area contributed by atoms with Crippen molar-refractivity contribution in [2.45, 2.75) is 33.7 Å². The van der Waals surface area contributed by atoms with Gasteiger partial charge in [0.25, 0.3) is 0 Å². The standard InChI is InChI=1S/C12H21NO6S/c1-5-17-9(14)8(13)6-20-11(16)19-7-18-10(15)12(2,3)4/h8H,5-7,13H2,1-4H3/t8-/m0/s1. The molecule has 7 nitrogen and oxygen atoms in total. The first kappa shape index (κ1) is 18.7. The van der Waals surface area contributed by atoms with E-state index >= 15 is 0 Å². The lowest BCUT2D eigenvalue weighted by atomic mass is 9.98. The van der Waals surface area contributed by atoms with Crippen molar-refractivity contribution >= 4 is 29.0 Å². The fourth-order valence-electron chi connectivity index (χ4n) is 0.864. The third-order valence-corrected chi connectivity index (χ3v) is 2.83. The van der Waals surface area contributed by atoms with Crippen molar-refractivity contribution in [1.29, 1.82) is 0 Å². The molecule has 20 heavy (non-hydrogen) atoms. The highest BCUT2D eigenvalue weighted by Gasteiger charge is 2.23. The number of carbonyl (C=O) groups is 3. The molecule has 0 spiro atoms. The average molecular weight is 307 g/mol. The summed E-state index contributed by atoms with van der Waals surface area (Å²) in [6, 6.07) is -0.898. The lowest BCUT2D eigenvalue weighted by Crippen LogP contribution is -2.35. The van der Waals surface area contributed by atoms with E-state index in [1.807, 2.05) is 0 Å². The molecule has 0 aliphatic carbocycles. The fourth-order valence-corrected chi connectivity index (χ4v) is 1.45. The van der Waals surface area contributed by atoms with Crippen LogP contribution in [0.3, 0.4) is 0 Å². The maximum absolute atomic E-state index is 11.4. The fraction of sp³-hybridized carbons (Fsp3) is 0.750. The van der Waals surface area contributed by atoms with Crippen LogP contribution in [0, 0.1) is 5.41 Å². The summed E-state index contributed by atoms with van der Waals surface area (Å²) in [6.07, 6.45) is 0. The molecule has 0 bridgehead atoms. The van der Waals surface area contributed by atoms with Gasteiger partial charge in [0.15, 0.2) is 0 Å². The van der Waals surface area contributed by atoms with Gasteiger partial charge in [-0.15, -0.1) is 0 Å². The van der Waals surface area contributed by atoms with Crippen LogP contribution in [0.4, 0.5) is 4.79 Å². The minimum Gasteiger partial charge on any atom is -0.465 e. The first-order chi connectivity index (χ1) is 9.18. The molecule has 0 aromatic rings. The number of nitrogens with two attached hydrogens (primary N) is 1. The van der Waals surface area contributed by atoms with Gasteiger partial charge < -0.3 is 19.9 Å². The highest BCUT2D eigenvalue weighted by Crippen LogP contribution is 2.15. The molecule has 0 saturated heterocycles. The van der Waals surface area contributed by atoms with Crippen LogP contribution in [-0.2, 0) is 23.8 Å². The Balaban J connectivity index is 3.85. The van der Waals surface area contributed by atoms with Gasteiger partial charge in [-0.2, -0.15) is 0 Å². The monoisotopic (exact) mass is 307 g/mol. The molecule has 0 fully saturated rings. The van der Waals surface area contributed by atoms with E-state index in [2.05, 4.69) is 9.47 Å². The number of thioether (sulfide) groups is 1. The van der Waals surface area contributed by atoms with E-state index < -0.39 is 35.5 Å². The summed E-state index contributed by atoms with van der Waals surface area (Å²) in [4.78, 5) is 33.9. The van der Waals surface area contributed by atoms with E-state index in [-0.39, 0.29) is 12.4 Å². The van der Waals surface area contributed by atoms with Crippen LogP contribution in [0.1, 0.15) is 27.7 Å². The van der Waals surface area contributed by atoms with Crippen molar-refractivity contribution < 1.29 is 28.6 Å². The van der Waals surface area contributed by atoms with Crippen LogP contribution in [0.15, 0.2) is 0 Å². The third kappa shape index (κ3) is 8.00. The predicted molar refractivity (Wildman–Crippen MR) is 74.0 cm³/mol. The van der Waals surface area contributed by atoms with Crippen molar-refractivity contribution in [2.24, 2.45) is 11.1 Å². The zero-order chi connectivity index (χ0) is 15.8. The van der Waals surface area contributed by atoms with Gasteiger partial charge in [-0.05, 0) is 39.5 Å². The van der Waals surface area contributed by atoms with Crippen LogP contribution in [-0.4, -0.2) is 42.4 Å². The molecule has 116 valence electrons. The maximum Gasteiger partial charge on any atom is 0.370 e. The molecule has 8 heteroatoms. The summed E-state index contributed by atoms with van der Waals surface area (Å²) in [6.45, 7) is 6.48. The van der Waals surface area contributed by atoms with Gasteiger partial charge in [0, 0.05) is 5.75 Å². The smallest absolute Gasteiger partial charge is 0.370 e. The summed E-state index contributed by atoms with van der Waals surface area (Å²) in [5, 5.41) is -0.675. The summed E-state index contributed by atoms with van der Waals surface area (Å²) >= 11 is 0.720. The lowest BCUT2D eigenvalue weighted by molar-refractivity contribution is -0.160. The van der Waals surface area contributed by atoms with Gasteiger partial charge in [-0.3, -0.25) is 9.59 Å². The number of ether oxygens (including phenoxy) is 3. The number of hydrogen-bond donors (Lipinski definition) is 1. The molecule has 0 aromatic heterocycles. The van der Waals surface area contributed by atoms with E-state index in [1.165, 1.54) is 0 Å². The maximum atomic E-state index is 11.4. The Morgan fingerprint density at radius 1 is 1.15 bits per heavy atom. The quantitative estimate of drug-likeness (QED) is 0.578. The van der Waals surface area contributed by atoms with Gasteiger partial charge in [-0.25, -0.2) is 4.79 Å². The van der Waals surface area contributed by atoms with Gasteiger partial charge in [0.05, 0.1) is 12.0 Å². The molecule has 0 aliphatic rings. The molecule has 0 saturated carbocycles. The van der Waals surface area contributed by atoms with Crippen molar-refractivity contribution in [3.8, 4) is 0 Å². The Morgan fingerprint density at radius 2 is 1.75 bits per heavy atom. The van der Waals surface area contributed by atoms with Crippen LogP contribution in [0.25, 0.3) is 0 Å². The Labute approximate surface area is 122 Å². The predicted octanol–water partition coefficient (Wildman–Crippen LogP) is 1.29. The van der Waals surface area contributed by atoms with E-state index in [0.29, 0.717) is 0 Å². The van der Waals surface area contributed by atoms with Crippen LogP contribution < -0.4 is 5.73 Å². The van der Waals surface area contributed by atoms with Gasteiger partial charge in [0.1, 0.15) is 6.04 Å². The third-order valence-electron chi connectivity index (χ3n) is 1.95. The van der Waals surface area contributed by atoms with Gasteiger partial charge in [-0.1, -0.05) is 0 Å². The Hall–Kier alpha value is -1.28. The first-order valence-electron chi connectivity index (χ1n) is 6.07. The minimum atomic E-state index is -0.898. The first-order valence-corrected chi connectivity index (χ1v) is 7.06. The van der Waals surface area contributed by atoms with E-state index in [1.54, 1.807) is 27.7 Å². The highest BCUT2D eigenvalue weighted by atomic mass is 32.2. The van der Waals surface area contributed by atoms with Crippen molar-refractivity contribution in [3.05, 3.63) is 0 Å². The van der Waals surface area contributed by atoms with Gasteiger partial charge in [0.2, 0.25) is 6.79 Å². The Morgan fingerprint density at radius 3 is 2.25 bits per heavy atom. The summed E-state index contributed by atoms with van der Waals surface area (Å²) in [5.74, 6) is -1.02. The number of esters is 2. The Bertz CT molecular complexity index is 352. The van der Waals surface area contributed by atoms with E-state index in [9.17, 15) is 14.4 Å². The van der Waals surface area contributed by atoms with Crippen molar-refractivity contribution in [1.82, 2.24) is 0 Å². The van der Waals surface area contributed by atoms with Gasteiger partial charge >= 0.3 is 17.2 Å². The topological polar surface area (TPSA) is 105 Å². The second kappa shape index (κ2) is 8.80. The minimum absolute atomic E-state index is 0.0326. The molecule has 1 atom stereocenters. The molecule has 0 aromatic carbocycles. The zero-order valence-corrected chi connectivity index (χ0v) is 13.0. The van der Waals surface area contributed by atoms with E-state index in [4.69, 9.17) is 10.5 Å². The average Bonchev–Trinajstić information content (AvgIpc) is 2.34. The summed E-state index contributed by atoms with van der Waals surface area (Å²) in [7, 11) is 0. The normalized spacial score (nSPS) is 12.4. The number of hydrogen-bond acceptors (Lipinski definition) is 8. The highest BCUT2D eigenvalue weighted by molar-refractivity contribution is 8.13. The number of carbonyl (C=O) groups excluding carboxylic acids is 3. The van der Waals surface area contributed by atoms with Crippen LogP contribution >= 0.6 is 11.8 Å². The van der Waals surface area contributed by atoms with Crippen molar-refractivity contribution in [2.75, 3.05) is 19.2 Å². The second-order valence-electron chi connectivity index (χ2n) is 4.86. The molecule has 0 unspecified atom stereocenters. The molecule has 0 aliphatic heterocycles. The summed E-state index contributed by atoms with van der Waals surface area (Å²) < 4.78 is 14.1. The number of rotatable bonds is 6. The largest absolute Gasteiger partial charge is 0.465 e. The SMILES string of the molecule is CCOC(=O)[C@@H](N)CSC(=O)OCOC(=O)C(C)(C)C. The molecule has 0 rings (SSSR count). The molecular weight excluding hydrogens is 286 g/mol. The van der Waals surface area contributed by atoms with Crippen molar-refractivity contribution in [3.63, 3.8) is 0 Å². The molecule has 0 heterocycles. The van der Waals surface area contributed by atoms with Crippen LogP contribution in [0.5, 0.6) is 0 Å². The summed E-state index contributed by atoms with van der Waals surface area (Å²) in [5.41, 5.74) is 4.84. The lowest BCUT2D eigenvalue weighted by Gasteiger charge is -2.16. The molecule has 0 radical (unpaired) electrons. The van der Waals surface area contributed by atoms with Crippen LogP contribution in [0.2, 0.25) is 0 Å². The van der Waals surface area contributed by atoms with E-state index in [0.717, 1.165) is 11.8 Å².